The fourth-order valence-electron chi connectivity index (χ4n) is 1.98. The number of anilines is 1. The summed E-state index contributed by atoms with van der Waals surface area (Å²) in [6.07, 6.45) is 0.982. The molecule has 1 N–H and O–H groups in total. The Morgan fingerprint density at radius 2 is 1.89 bits per heavy atom. The number of aryl methyl sites for hydroxylation is 1. The molecule has 4 heteroatoms. The maximum absolute atomic E-state index is 12.4. The van der Waals surface area contributed by atoms with E-state index in [2.05, 4.69) is 10.2 Å². The lowest BCUT2D eigenvalue weighted by atomic mass is 10.1. The molecule has 0 unspecified atom stereocenters. The molecule has 0 spiro atoms. The Balaban J connectivity index is 2.73. The van der Waals surface area contributed by atoms with E-state index in [4.69, 9.17) is 0 Å². The average Bonchev–Trinajstić information content (AvgIpc) is 2.37. The molecule has 0 aliphatic rings. The summed E-state index contributed by atoms with van der Waals surface area (Å²) < 4.78 is 0. The van der Waals surface area contributed by atoms with Crippen LogP contribution in [0.3, 0.4) is 0 Å². The molecule has 1 aromatic carbocycles. The zero-order valence-corrected chi connectivity index (χ0v) is 12.7. The van der Waals surface area contributed by atoms with Crippen molar-refractivity contribution in [3.8, 4) is 0 Å². The Kier molecular flexibility index (Phi) is 5.83. The van der Waals surface area contributed by atoms with E-state index in [-0.39, 0.29) is 5.91 Å². The summed E-state index contributed by atoms with van der Waals surface area (Å²) in [4.78, 5) is 16.3. The van der Waals surface area contributed by atoms with Gasteiger partial charge in [-0.2, -0.15) is 0 Å². The number of nitrogens with one attached hydrogen (secondary N) is 1. The van der Waals surface area contributed by atoms with Gasteiger partial charge < -0.3 is 15.1 Å². The quantitative estimate of drug-likeness (QED) is 0.853. The molecule has 0 saturated carbocycles. The first kappa shape index (κ1) is 15.5. The third-order valence-corrected chi connectivity index (χ3v) is 3.12. The topological polar surface area (TPSA) is 35.6 Å². The highest BCUT2D eigenvalue weighted by Crippen LogP contribution is 2.18. The first-order chi connectivity index (χ1) is 8.95. The van der Waals surface area contributed by atoms with Crippen LogP contribution in [0.1, 0.15) is 22.3 Å². The van der Waals surface area contributed by atoms with Gasteiger partial charge in [0.25, 0.3) is 5.91 Å². The molecule has 0 fully saturated rings. The Hall–Kier alpha value is -1.55. The molecule has 0 aliphatic heterocycles. The van der Waals surface area contributed by atoms with E-state index in [0.29, 0.717) is 0 Å². The zero-order valence-electron chi connectivity index (χ0n) is 12.7. The van der Waals surface area contributed by atoms with Crippen molar-refractivity contribution in [3.05, 3.63) is 29.3 Å². The van der Waals surface area contributed by atoms with Crippen LogP contribution in [-0.2, 0) is 0 Å². The number of carbonyl (C=O) groups excluding carboxylic acids is 1. The minimum absolute atomic E-state index is 0.0757. The van der Waals surface area contributed by atoms with Crippen molar-refractivity contribution in [2.45, 2.75) is 13.3 Å². The molecule has 19 heavy (non-hydrogen) atoms. The summed E-state index contributed by atoms with van der Waals surface area (Å²) in [5.41, 5.74) is 2.73. The average molecular weight is 263 g/mol. The molecule has 0 aliphatic carbocycles. The molecule has 0 radical (unpaired) electrons. The highest BCUT2D eigenvalue weighted by atomic mass is 16.2. The van der Waals surface area contributed by atoms with Gasteiger partial charge >= 0.3 is 0 Å². The molecule has 1 aromatic rings. The van der Waals surface area contributed by atoms with E-state index in [1.807, 2.05) is 53.3 Å². The maximum Gasteiger partial charge on any atom is 0.255 e. The molecule has 0 atom stereocenters. The van der Waals surface area contributed by atoms with E-state index >= 15 is 0 Å². The van der Waals surface area contributed by atoms with Gasteiger partial charge in [-0.05, 0) is 46.1 Å². The summed E-state index contributed by atoms with van der Waals surface area (Å²) in [5.74, 6) is 0.0757. The van der Waals surface area contributed by atoms with Crippen molar-refractivity contribution in [1.29, 1.82) is 0 Å². The lowest BCUT2D eigenvalue weighted by Crippen LogP contribution is -2.30. The number of rotatable bonds is 6. The summed E-state index contributed by atoms with van der Waals surface area (Å²) in [5, 5.41) is 3.08. The Morgan fingerprint density at radius 3 is 2.47 bits per heavy atom. The summed E-state index contributed by atoms with van der Waals surface area (Å²) in [7, 11) is 7.79. The van der Waals surface area contributed by atoms with Crippen LogP contribution in [0.25, 0.3) is 0 Å². The van der Waals surface area contributed by atoms with Gasteiger partial charge in [-0.15, -0.1) is 0 Å². The minimum atomic E-state index is 0.0757. The highest BCUT2D eigenvalue weighted by Gasteiger charge is 2.15. The van der Waals surface area contributed by atoms with Crippen molar-refractivity contribution >= 4 is 11.6 Å². The first-order valence-electron chi connectivity index (χ1n) is 6.64. The summed E-state index contributed by atoms with van der Waals surface area (Å²) in [6, 6.07) is 5.90. The van der Waals surface area contributed by atoms with Gasteiger partial charge in [0.15, 0.2) is 0 Å². The van der Waals surface area contributed by atoms with Crippen LogP contribution in [0.5, 0.6) is 0 Å². The van der Waals surface area contributed by atoms with Crippen LogP contribution in [0.2, 0.25) is 0 Å². The second-order valence-corrected chi connectivity index (χ2v) is 5.18. The highest BCUT2D eigenvalue weighted by molar-refractivity contribution is 5.99. The second kappa shape index (κ2) is 7.14. The lowest BCUT2D eigenvalue weighted by molar-refractivity contribution is 0.0791. The standard InChI is InChI=1S/C15H25N3O/c1-12-7-8-14(16-2)13(11-12)15(19)18(5)10-6-9-17(3)4/h7-8,11,16H,6,9-10H2,1-5H3. The number of hydrogen-bond acceptors (Lipinski definition) is 3. The molecular formula is C15H25N3O. The smallest absolute Gasteiger partial charge is 0.255 e. The van der Waals surface area contributed by atoms with Gasteiger partial charge in [-0.25, -0.2) is 0 Å². The molecule has 1 rings (SSSR count). The van der Waals surface area contributed by atoms with Crippen molar-refractivity contribution in [3.63, 3.8) is 0 Å². The van der Waals surface area contributed by atoms with Crippen molar-refractivity contribution in [2.75, 3.05) is 46.6 Å². The normalized spacial score (nSPS) is 10.6. The van der Waals surface area contributed by atoms with Crippen LogP contribution in [-0.4, -0.2) is 57.0 Å². The predicted molar refractivity (Wildman–Crippen MR) is 80.9 cm³/mol. The number of nitrogens with zero attached hydrogens (tertiary/aromatic N) is 2. The van der Waals surface area contributed by atoms with Gasteiger partial charge in [0.2, 0.25) is 0 Å². The molecule has 4 nitrogen and oxygen atoms in total. The van der Waals surface area contributed by atoms with E-state index < -0.39 is 0 Å². The molecule has 106 valence electrons. The molecule has 0 bridgehead atoms. The largest absolute Gasteiger partial charge is 0.387 e. The number of benzene rings is 1. The zero-order chi connectivity index (χ0) is 14.4. The summed E-state index contributed by atoms with van der Waals surface area (Å²) in [6.45, 7) is 3.76. The van der Waals surface area contributed by atoms with Crippen LogP contribution in [0.15, 0.2) is 18.2 Å². The van der Waals surface area contributed by atoms with Gasteiger partial charge in [0.05, 0.1) is 5.56 Å². The third kappa shape index (κ3) is 4.56. The van der Waals surface area contributed by atoms with Crippen molar-refractivity contribution in [1.82, 2.24) is 9.80 Å². The van der Waals surface area contributed by atoms with Crippen molar-refractivity contribution in [2.24, 2.45) is 0 Å². The molecule has 1 amide bonds. The van der Waals surface area contributed by atoms with Crippen LogP contribution >= 0.6 is 0 Å². The second-order valence-electron chi connectivity index (χ2n) is 5.18. The summed E-state index contributed by atoms with van der Waals surface area (Å²) >= 11 is 0. The minimum Gasteiger partial charge on any atom is -0.387 e. The van der Waals surface area contributed by atoms with E-state index in [1.54, 1.807) is 4.90 Å². The number of hydrogen-bond donors (Lipinski definition) is 1. The van der Waals surface area contributed by atoms with E-state index in [0.717, 1.165) is 36.3 Å². The molecule has 0 aromatic heterocycles. The van der Waals surface area contributed by atoms with Crippen LogP contribution < -0.4 is 5.32 Å². The van der Waals surface area contributed by atoms with E-state index in [1.165, 1.54) is 0 Å². The van der Waals surface area contributed by atoms with Crippen LogP contribution in [0.4, 0.5) is 5.69 Å². The monoisotopic (exact) mass is 263 g/mol. The molecule has 0 saturated heterocycles. The number of carbonyl (C=O) groups is 1. The Bertz CT molecular complexity index is 429. The predicted octanol–water partition coefficient (Wildman–Crippen LogP) is 2.06. The van der Waals surface area contributed by atoms with Crippen LogP contribution in [0, 0.1) is 6.92 Å². The van der Waals surface area contributed by atoms with E-state index in [9.17, 15) is 4.79 Å². The van der Waals surface area contributed by atoms with Crippen molar-refractivity contribution < 1.29 is 4.79 Å². The SMILES string of the molecule is CNc1ccc(C)cc1C(=O)N(C)CCCN(C)C. The lowest BCUT2D eigenvalue weighted by Gasteiger charge is -2.20. The fraction of sp³-hybridized carbons (Fsp3) is 0.533. The first-order valence-corrected chi connectivity index (χ1v) is 6.64. The van der Waals surface area contributed by atoms with Gasteiger partial charge in [-0.1, -0.05) is 11.6 Å². The van der Waals surface area contributed by atoms with Gasteiger partial charge in [0.1, 0.15) is 0 Å². The molecular weight excluding hydrogens is 238 g/mol. The fourth-order valence-corrected chi connectivity index (χ4v) is 1.98. The molecule has 0 heterocycles. The Morgan fingerprint density at radius 1 is 1.21 bits per heavy atom. The maximum atomic E-state index is 12.4. The number of amides is 1. The van der Waals surface area contributed by atoms with Gasteiger partial charge in [-0.3, -0.25) is 4.79 Å². The Labute approximate surface area is 116 Å². The van der Waals surface area contributed by atoms with Gasteiger partial charge in [0, 0.05) is 26.3 Å². The third-order valence-electron chi connectivity index (χ3n) is 3.12.